The summed E-state index contributed by atoms with van der Waals surface area (Å²) in [5.41, 5.74) is 1.70. The molecule has 7 heteroatoms. The molecule has 1 aliphatic heterocycles. The summed E-state index contributed by atoms with van der Waals surface area (Å²) in [4.78, 5) is 37.0. The number of nitrogens with zero attached hydrogens (tertiary/aromatic N) is 1. The van der Waals surface area contributed by atoms with Gasteiger partial charge in [-0.3, -0.25) is 19.3 Å². The molecule has 2 aromatic rings. The number of para-hydroxylation sites is 4. The highest BCUT2D eigenvalue weighted by Gasteiger charge is 2.26. The highest BCUT2D eigenvalue weighted by Crippen LogP contribution is 2.29. The molecule has 3 rings (SSSR count). The molecular weight excluding hydrogens is 322 g/mol. The van der Waals surface area contributed by atoms with E-state index in [1.165, 1.54) is 11.8 Å². The predicted molar refractivity (Wildman–Crippen MR) is 93.7 cm³/mol. The molecule has 2 N–H and O–H groups in total. The van der Waals surface area contributed by atoms with E-state index in [2.05, 4.69) is 10.6 Å². The van der Waals surface area contributed by atoms with Crippen LogP contribution in [0.4, 0.5) is 17.1 Å². The fourth-order valence-corrected chi connectivity index (χ4v) is 2.56. The zero-order valence-electron chi connectivity index (χ0n) is 13.6. The van der Waals surface area contributed by atoms with Crippen molar-refractivity contribution in [3.8, 4) is 5.75 Å². The van der Waals surface area contributed by atoms with Gasteiger partial charge < -0.3 is 15.4 Å². The van der Waals surface area contributed by atoms with Crippen LogP contribution in [0.1, 0.15) is 6.92 Å². The van der Waals surface area contributed by atoms with Gasteiger partial charge in [0.25, 0.3) is 5.91 Å². The molecule has 0 aliphatic carbocycles. The van der Waals surface area contributed by atoms with Crippen LogP contribution in [0.5, 0.6) is 5.75 Å². The summed E-state index contributed by atoms with van der Waals surface area (Å²) in [5, 5.41) is 5.37. The third kappa shape index (κ3) is 3.77. The van der Waals surface area contributed by atoms with Crippen molar-refractivity contribution in [2.24, 2.45) is 0 Å². The van der Waals surface area contributed by atoms with Crippen LogP contribution >= 0.6 is 0 Å². The Balaban J connectivity index is 1.74. The Kier molecular flexibility index (Phi) is 4.65. The second kappa shape index (κ2) is 7.04. The second-order valence-electron chi connectivity index (χ2n) is 5.51. The molecule has 0 atom stereocenters. The number of ether oxygens (including phenoxy) is 1. The van der Waals surface area contributed by atoms with E-state index >= 15 is 0 Å². The Hall–Kier alpha value is -3.35. The van der Waals surface area contributed by atoms with Crippen LogP contribution in [0.25, 0.3) is 0 Å². The van der Waals surface area contributed by atoms with Gasteiger partial charge in [0.2, 0.25) is 11.8 Å². The minimum absolute atomic E-state index is 0.0629. The molecule has 1 heterocycles. The number of hydrogen-bond acceptors (Lipinski definition) is 4. The van der Waals surface area contributed by atoms with Crippen LogP contribution in [-0.2, 0) is 14.4 Å². The smallest absolute Gasteiger partial charge is 0.265 e. The van der Waals surface area contributed by atoms with Gasteiger partial charge in [-0.05, 0) is 24.3 Å². The van der Waals surface area contributed by atoms with Gasteiger partial charge in [-0.15, -0.1) is 0 Å². The first-order valence-electron chi connectivity index (χ1n) is 7.73. The van der Waals surface area contributed by atoms with Crippen molar-refractivity contribution in [3.63, 3.8) is 0 Å². The Labute approximate surface area is 144 Å². The number of hydrogen-bond donors (Lipinski definition) is 2. The first-order chi connectivity index (χ1) is 12.0. The van der Waals surface area contributed by atoms with Crippen molar-refractivity contribution in [2.45, 2.75) is 6.92 Å². The molecule has 1 aliphatic rings. The van der Waals surface area contributed by atoms with Gasteiger partial charge >= 0.3 is 0 Å². The number of rotatable bonds is 4. The lowest BCUT2D eigenvalue weighted by Gasteiger charge is -2.29. The number of fused-ring (bicyclic) bond motifs is 1. The molecule has 0 saturated carbocycles. The molecule has 0 aromatic heterocycles. The topological polar surface area (TPSA) is 87.7 Å². The fourth-order valence-electron chi connectivity index (χ4n) is 2.56. The summed E-state index contributed by atoms with van der Waals surface area (Å²) in [5.74, 6) is -0.449. The van der Waals surface area contributed by atoms with Gasteiger partial charge in [0.15, 0.2) is 6.61 Å². The number of anilines is 3. The van der Waals surface area contributed by atoms with Crippen LogP contribution in [0, 0.1) is 0 Å². The Bertz CT molecular complexity index is 835. The molecule has 0 saturated heterocycles. The third-order valence-corrected chi connectivity index (χ3v) is 3.62. The normalized spacial score (nSPS) is 12.8. The zero-order valence-corrected chi connectivity index (χ0v) is 13.6. The van der Waals surface area contributed by atoms with E-state index in [0.717, 1.165) is 0 Å². The summed E-state index contributed by atoms with van der Waals surface area (Å²) in [6, 6.07) is 13.9. The van der Waals surface area contributed by atoms with Crippen LogP contribution in [0.3, 0.4) is 0 Å². The highest BCUT2D eigenvalue weighted by atomic mass is 16.5. The van der Waals surface area contributed by atoms with Crippen LogP contribution in [-0.4, -0.2) is 30.9 Å². The summed E-state index contributed by atoms with van der Waals surface area (Å²) in [6.45, 7) is 1.08. The van der Waals surface area contributed by atoms with Crippen LogP contribution in [0.2, 0.25) is 0 Å². The third-order valence-electron chi connectivity index (χ3n) is 3.62. The maximum Gasteiger partial charge on any atom is 0.265 e. The number of nitrogens with one attached hydrogen (secondary N) is 2. The minimum atomic E-state index is -0.347. The Morgan fingerprint density at radius 3 is 2.68 bits per heavy atom. The number of benzene rings is 2. The average Bonchev–Trinajstić information content (AvgIpc) is 2.59. The number of amides is 3. The first-order valence-corrected chi connectivity index (χ1v) is 7.73. The van der Waals surface area contributed by atoms with Gasteiger partial charge in [-0.2, -0.15) is 0 Å². The maximum absolute atomic E-state index is 12.5. The van der Waals surface area contributed by atoms with Crippen molar-refractivity contribution in [1.29, 1.82) is 0 Å². The van der Waals surface area contributed by atoms with E-state index in [1.807, 2.05) is 0 Å². The predicted octanol–water partition coefficient (Wildman–Crippen LogP) is 2.01. The largest absolute Gasteiger partial charge is 0.482 e. The molecule has 0 unspecified atom stereocenters. The number of carbonyl (C=O) groups excluding carboxylic acids is 3. The van der Waals surface area contributed by atoms with Crippen molar-refractivity contribution in [3.05, 3.63) is 48.5 Å². The SMILES string of the molecule is CC(=O)Nc1ccccc1OCC(=O)N1CC(=O)Nc2ccccc21. The van der Waals surface area contributed by atoms with Crippen molar-refractivity contribution < 1.29 is 19.1 Å². The molecule has 0 spiro atoms. The molecular formula is C18H17N3O4. The molecule has 25 heavy (non-hydrogen) atoms. The minimum Gasteiger partial charge on any atom is -0.482 e. The average molecular weight is 339 g/mol. The van der Waals surface area contributed by atoms with Crippen molar-refractivity contribution >= 4 is 34.8 Å². The van der Waals surface area contributed by atoms with E-state index < -0.39 is 0 Å². The van der Waals surface area contributed by atoms with Crippen LogP contribution in [0.15, 0.2) is 48.5 Å². The summed E-state index contributed by atoms with van der Waals surface area (Å²) in [6.07, 6.45) is 0. The molecule has 128 valence electrons. The standard InChI is InChI=1S/C18H17N3O4/c1-12(22)19-14-7-3-5-9-16(14)25-11-18(24)21-10-17(23)20-13-6-2-4-8-15(13)21/h2-9H,10-11H2,1H3,(H,19,22)(H,20,23). The monoisotopic (exact) mass is 339 g/mol. The van der Waals surface area contributed by atoms with E-state index in [1.54, 1.807) is 48.5 Å². The summed E-state index contributed by atoms with van der Waals surface area (Å²) >= 11 is 0. The Morgan fingerprint density at radius 2 is 1.88 bits per heavy atom. The molecule has 0 bridgehead atoms. The van der Waals surface area contributed by atoms with Crippen molar-refractivity contribution in [1.82, 2.24) is 0 Å². The quantitative estimate of drug-likeness (QED) is 0.892. The highest BCUT2D eigenvalue weighted by molar-refractivity contribution is 6.10. The van der Waals surface area contributed by atoms with Gasteiger partial charge in [-0.1, -0.05) is 24.3 Å². The summed E-state index contributed by atoms with van der Waals surface area (Å²) < 4.78 is 5.57. The van der Waals surface area contributed by atoms with E-state index in [0.29, 0.717) is 22.8 Å². The molecule has 3 amide bonds. The molecule has 0 fully saturated rings. The number of carbonyl (C=O) groups is 3. The van der Waals surface area contributed by atoms with Gasteiger partial charge in [0.05, 0.1) is 17.1 Å². The van der Waals surface area contributed by atoms with Gasteiger partial charge in [-0.25, -0.2) is 0 Å². The van der Waals surface area contributed by atoms with Crippen molar-refractivity contribution in [2.75, 3.05) is 28.7 Å². The van der Waals surface area contributed by atoms with Gasteiger partial charge in [0.1, 0.15) is 12.3 Å². The lowest BCUT2D eigenvalue weighted by atomic mass is 10.2. The second-order valence-corrected chi connectivity index (χ2v) is 5.51. The first kappa shape index (κ1) is 16.5. The summed E-state index contributed by atoms with van der Waals surface area (Å²) in [7, 11) is 0. The lowest BCUT2D eigenvalue weighted by Crippen LogP contribution is -2.44. The molecule has 7 nitrogen and oxygen atoms in total. The fraction of sp³-hybridized carbons (Fsp3) is 0.167. The lowest BCUT2D eigenvalue weighted by molar-refractivity contribution is -0.123. The van der Waals surface area contributed by atoms with Crippen LogP contribution < -0.4 is 20.3 Å². The van der Waals surface area contributed by atoms with E-state index in [9.17, 15) is 14.4 Å². The zero-order chi connectivity index (χ0) is 17.8. The molecule has 0 radical (unpaired) electrons. The van der Waals surface area contributed by atoms with Gasteiger partial charge in [0, 0.05) is 6.92 Å². The van der Waals surface area contributed by atoms with E-state index in [-0.39, 0.29) is 30.9 Å². The Morgan fingerprint density at radius 1 is 1.16 bits per heavy atom. The molecule has 2 aromatic carbocycles. The van der Waals surface area contributed by atoms with E-state index in [4.69, 9.17) is 4.74 Å². The maximum atomic E-state index is 12.5.